The van der Waals surface area contributed by atoms with Crippen molar-refractivity contribution in [3.8, 4) is 5.75 Å². The van der Waals surface area contributed by atoms with Crippen LogP contribution >= 0.6 is 0 Å². The van der Waals surface area contributed by atoms with Crippen LogP contribution in [0.2, 0.25) is 0 Å². The van der Waals surface area contributed by atoms with Crippen LogP contribution in [0.4, 0.5) is 13.2 Å². The second-order valence-corrected chi connectivity index (χ2v) is 5.85. The minimum atomic E-state index is -4.63. The van der Waals surface area contributed by atoms with E-state index >= 15 is 0 Å². The van der Waals surface area contributed by atoms with Crippen molar-refractivity contribution in [1.82, 2.24) is 5.32 Å². The summed E-state index contributed by atoms with van der Waals surface area (Å²) >= 11 is 0. The molecule has 0 aliphatic heterocycles. The molecule has 2 aromatic carbocycles. The van der Waals surface area contributed by atoms with E-state index in [0.717, 1.165) is 18.9 Å². The highest BCUT2D eigenvalue weighted by Crippen LogP contribution is 2.41. The Bertz CT molecular complexity index is 744. The Morgan fingerprint density at radius 1 is 1.04 bits per heavy atom. The molecule has 0 amide bonds. The first-order valence-corrected chi connectivity index (χ1v) is 8.04. The first-order valence-electron chi connectivity index (χ1n) is 8.04. The van der Waals surface area contributed by atoms with E-state index in [-0.39, 0.29) is 11.8 Å². The number of aliphatic carboxylic acids is 1. The van der Waals surface area contributed by atoms with Crippen LogP contribution in [0.1, 0.15) is 36.8 Å². The number of phenols is 1. The van der Waals surface area contributed by atoms with E-state index in [0.29, 0.717) is 30.5 Å². The molecule has 0 heterocycles. The van der Waals surface area contributed by atoms with Crippen LogP contribution in [0.5, 0.6) is 5.75 Å². The van der Waals surface area contributed by atoms with Crippen LogP contribution in [-0.2, 0) is 17.5 Å². The normalized spacial score (nSPS) is 11.8. The third-order valence-corrected chi connectivity index (χ3v) is 3.97. The number of carbonyl (C=O) groups is 1. The first-order chi connectivity index (χ1) is 11.8. The van der Waals surface area contributed by atoms with Gasteiger partial charge in [0.15, 0.2) is 0 Å². The summed E-state index contributed by atoms with van der Waals surface area (Å²) in [5.41, 5.74) is -0.297. The number of unbranched alkanes of at least 4 members (excludes halogenated alkanes) is 2. The van der Waals surface area contributed by atoms with Gasteiger partial charge in [0.05, 0.1) is 0 Å². The van der Waals surface area contributed by atoms with Crippen molar-refractivity contribution in [3.05, 3.63) is 41.5 Å². The highest BCUT2D eigenvalue weighted by molar-refractivity contribution is 5.90. The fraction of sp³-hybridized carbons (Fsp3) is 0.389. The summed E-state index contributed by atoms with van der Waals surface area (Å²) in [5.74, 6) is -1.59. The summed E-state index contributed by atoms with van der Waals surface area (Å²) < 4.78 is 39.5. The number of alkyl halides is 3. The van der Waals surface area contributed by atoms with E-state index in [9.17, 15) is 23.1 Å². The molecule has 7 heteroatoms. The van der Waals surface area contributed by atoms with Crippen molar-refractivity contribution in [2.75, 3.05) is 6.54 Å². The third-order valence-electron chi connectivity index (χ3n) is 3.97. The van der Waals surface area contributed by atoms with E-state index in [1.807, 2.05) is 0 Å². The molecule has 0 fully saturated rings. The number of hydrogen-bond acceptors (Lipinski definition) is 3. The van der Waals surface area contributed by atoms with Crippen LogP contribution in [0.25, 0.3) is 10.8 Å². The lowest BCUT2D eigenvalue weighted by atomic mass is 9.98. The summed E-state index contributed by atoms with van der Waals surface area (Å²) in [6.07, 6.45) is -2.29. The topological polar surface area (TPSA) is 69.6 Å². The molecule has 0 atom stereocenters. The van der Waals surface area contributed by atoms with Crippen LogP contribution in [0, 0.1) is 0 Å². The van der Waals surface area contributed by atoms with E-state index in [1.54, 1.807) is 12.1 Å². The standard InChI is InChI=1S/C18H20F3NO3/c19-18(20,21)17-14-6-4-5-12(13(14)8-9-15(17)23)11-22-10-3-1-2-7-16(24)25/h4-6,8-9,22-23H,1-3,7,10-11H2,(H,24,25). The number of halogens is 3. The molecule has 2 rings (SSSR count). The minimum Gasteiger partial charge on any atom is -0.507 e. The highest BCUT2D eigenvalue weighted by atomic mass is 19.4. The SMILES string of the molecule is O=C(O)CCCCCNCc1cccc2c(C(F)(F)F)c(O)ccc12. The number of carboxylic acids is 1. The molecule has 0 radical (unpaired) electrons. The Kier molecular flexibility index (Phi) is 6.25. The van der Waals surface area contributed by atoms with Gasteiger partial charge >= 0.3 is 12.1 Å². The number of benzene rings is 2. The van der Waals surface area contributed by atoms with Crippen molar-refractivity contribution in [2.45, 2.75) is 38.4 Å². The molecule has 0 saturated heterocycles. The molecule has 0 spiro atoms. The molecule has 0 aliphatic rings. The van der Waals surface area contributed by atoms with Crippen molar-refractivity contribution >= 4 is 16.7 Å². The van der Waals surface area contributed by atoms with Crippen LogP contribution < -0.4 is 5.32 Å². The summed E-state index contributed by atoms with van der Waals surface area (Å²) in [6.45, 7) is 1.05. The number of fused-ring (bicyclic) bond motifs is 1. The zero-order valence-electron chi connectivity index (χ0n) is 13.6. The summed E-state index contributed by atoms with van der Waals surface area (Å²) in [7, 11) is 0. The van der Waals surface area contributed by atoms with Gasteiger partial charge < -0.3 is 15.5 Å². The fourth-order valence-electron chi connectivity index (χ4n) is 2.79. The lowest BCUT2D eigenvalue weighted by Crippen LogP contribution is -2.15. The number of phenolic OH excluding ortho intramolecular Hbond substituents is 1. The second-order valence-electron chi connectivity index (χ2n) is 5.85. The lowest BCUT2D eigenvalue weighted by molar-refractivity contribution is -0.138. The Balaban J connectivity index is 2.04. The van der Waals surface area contributed by atoms with E-state index in [2.05, 4.69) is 5.32 Å². The Hall–Kier alpha value is -2.28. The Morgan fingerprint density at radius 2 is 1.80 bits per heavy atom. The van der Waals surface area contributed by atoms with Gasteiger partial charge in [0.1, 0.15) is 11.3 Å². The molecule has 4 nitrogen and oxygen atoms in total. The molecule has 3 N–H and O–H groups in total. The second kappa shape index (κ2) is 8.20. The monoisotopic (exact) mass is 355 g/mol. The molecule has 25 heavy (non-hydrogen) atoms. The molecule has 0 bridgehead atoms. The molecule has 0 aliphatic carbocycles. The number of rotatable bonds is 8. The largest absolute Gasteiger partial charge is 0.507 e. The van der Waals surface area contributed by atoms with Crippen LogP contribution in [0.3, 0.4) is 0 Å². The van der Waals surface area contributed by atoms with Crippen molar-refractivity contribution in [1.29, 1.82) is 0 Å². The summed E-state index contributed by atoms with van der Waals surface area (Å²) in [4.78, 5) is 10.4. The molecule has 136 valence electrons. The van der Waals surface area contributed by atoms with Gasteiger partial charge in [-0.2, -0.15) is 13.2 Å². The number of nitrogens with one attached hydrogen (secondary N) is 1. The van der Waals surface area contributed by atoms with E-state index < -0.39 is 23.5 Å². The van der Waals surface area contributed by atoms with Crippen molar-refractivity contribution in [3.63, 3.8) is 0 Å². The molecule has 0 unspecified atom stereocenters. The third kappa shape index (κ3) is 5.09. The predicted molar refractivity (Wildman–Crippen MR) is 88.4 cm³/mol. The first kappa shape index (κ1) is 19.1. The van der Waals surface area contributed by atoms with Gasteiger partial charge in [0, 0.05) is 13.0 Å². The zero-order chi connectivity index (χ0) is 18.4. The fourth-order valence-corrected chi connectivity index (χ4v) is 2.79. The number of aromatic hydroxyl groups is 1. The van der Waals surface area contributed by atoms with Crippen LogP contribution in [0.15, 0.2) is 30.3 Å². The number of hydrogen-bond donors (Lipinski definition) is 3. The maximum absolute atomic E-state index is 13.2. The van der Waals surface area contributed by atoms with Gasteiger partial charge in [0.2, 0.25) is 0 Å². The average Bonchev–Trinajstić information content (AvgIpc) is 2.52. The highest BCUT2D eigenvalue weighted by Gasteiger charge is 2.36. The van der Waals surface area contributed by atoms with Gasteiger partial charge in [-0.05, 0) is 41.8 Å². The van der Waals surface area contributed by atoms with Crippen LogP contribution in [-0.4, -0.2) is 22.7 Å². The number of carboxylic acid groups (broad SMARTS) is 1. The zero-order valence-corrected chi connectivity index (χ0v) is 13.6. The van der Waals surface area contributed by atoms with Gasteiger partial charge in [-0.25, -0.2) is 0 Å². The van der Waals surface area contributed by atoms with E-state index in [4.69, 9.17) is 5.11 Å². The predicted octanol–water partition coefficient (Wildman–Crippen LogP) is 4.30. The molecule has 2 aromatic rings. The summed E-state index contributed by atoms with van der Waals surface area (Å²) in [6, 6.07) is 7.20. The Morgan fingerprint density at radius 3 is 2.48 bits per heavy atom. The Labute approximate surface area is 143 Å². The van der Waals surface area contributed by atoms with Gasteiger partial charge in [-0.15, -0.1) is 0 Å². The molecule has 0 aromatic heterocycles. The minimum absolute atomic E-state index is 0.0201. The van der Waals surface area contributed by atoms with Gasteiger partial charge in [-0.3, -0.25) is 4.79 Å². The van der Waals surface area contributed by atoms with Crippen molar-refractivity contribution in [2.24, 2.45) is 0 Å². The quantitative estimate of drug-likeness (QED) is 0.618. The average molecular weight is 355 g/mol. The van der Waals surface area contributed by atoms with Crippen molar-refractivity contribution < 1.29 is 28.2 Å². The van der Waals surface area contributed by atoms with E-state index in [1.165, 1.54) is 12.1 Å². The molecular weight excluding hydrogens is 335 g/mol. The molecule has 0 saturated carbocycles. The van der Waals surface area contributed by atoms with Gasteiger partial charge in [0.25, 0.3) is 0 Å². The maximum atomic E-state index is 13.2. The lowest BCUT2D eigenvalue weighted by Gasteiger charge is -2.15. The van der Waals surface area contributed by atoms with Gasteiger partial charge in [-0.1, -0.05) is 30.7 Å². The maximum Gasteiger partial charge on any atom is 0.420 e. The smallest absolute Gasteiger partial charge is 0.420 e. The molecular formula is C18H20F3NO3. The summed E-state index contributed by atoms with van der Waals surface area (Å²) in [5, 5.41) is 21.7.